The second kappa shape index (κ2) is 20.1. The number of rotatable bonds is 16. The number of ether oxygens (including phenoxy) is 5. The van der Waals surface area contributed by atoms with Crippen molar-refractivity contribution in [3.05, 3.63) is 149 Å². The molecule has 3 atom stereocenters. The largest absolute Gasteiger partial charge is 0.504 e. The zero-order chi connectivity index (χ0) is 48.7. The number of para-hydroxylation sites is 2. The fourth-order valence-corrected chi connectivity index (χ4v) is 10.2. The number of halogens is 6. The van der Waals surface area contributed by atoms with Gasteiger partial charge in [0.2, 0.25) is 0 Å². The van der Waals surface area contributed by atoms with Crippen molar-refractivity contribution in [1.29, 1.82) is 0 Å². The highest BCUT2D eigenvalue weighted by atomic mass is 35.5. The van der Waals surface area contributed by atoms with Gasteiger partial charge in [0.25, 0.3) is 11.1 Å². The molecule has 0 spiro atoms. The molecule has 2 unspecified atom stereocenters. The minimum atomic E-state index is -0.757. The minimum absolute atomic E-state index is 0.00196. The van der Waals surface area contributed by atoms with Gasteiger partial charge < -0.3 is 28.8 Å². The van der Waals surface area contributed by atoms with E-state index < -0.39 is 28.7 Å². The molecule has 69 heavy (non-hydrogen) atoms. The lowest BCUT2D eigenvalue weighted by Gasteiger charge is -2.26. The van der Waals surface area contributed by atoms with E-state index in [1.165, 1.54) is 42.1 Å². The molecule has 0 bridgehead atoms. The lowest BCUT2D eigenvalue weighted by molar-refractivity contribution is -0.136. The van der Waals surface area contributed by atoms with Gasteiger partial charge >= 0.3 is 5.97 Å². The summed E-state index contributed by atoms with van der Waals surface area (Å²) in [6, 6.07) is 16.4. The molecule has 2 aromatic heterocycles. The van der Waals surface area contributed by atoms with Gasteiger partial charge in [-0.2, -0.15) is 0 Å². The normalized spacial score (nSPS) is 17.4. The third-order valence-corrected chi connectivity index (χ3v) is 14.0. The molecule has 0 saturated heterocycles. The monoisotopic (exact) mass is 1020 g/mol. The average Bonchev–Trinajstić information content (AvgIpc) is 4.00. The van der Waals surface area contributed by atoms with E-state index in [-0.39, 0.29) is 114 Å². The summed E-state index contributed by atoms with van der Waals surface area (Å²) in [4.78, 5) is 39.9. The van der Waals surface area contributed by atoms with Crippen molar-refractivity contribution in [2.75, 3.05) is 20.3 Å². The summed E-state index contributed by atoms with van der Waals surface area (Å²) in [7, 11) is 1.39. The number of fused-ring (bicyclic) bond motifs is 2. The number of aromatic hydroxyl groups is 1. The van der Waals surface area contributed by atoms with Crippen LogP contribution in [-0.2, 0) is 40.4 Å². The van der Waals surface area contributed by atoms with Crippen molar-refractivity contribution < 1.29 is 42.4 Å². The summed E-state index contributed by atoms with van der Waals surface area (Å²) in [5.41, 5.74) is -0.120. The summed E-state index contributed by atoms with van der Waals surface area (Å²) in [5, 5.41) is 10.3. The zero-order valence-corrected chi connectivity index (χ0v) is 40.0. The molecular weight excluding hydrogens is 980 g/mol. The number of hydrogen-bond donors (Lipinski definition) is 1. The van der Waals surface area contributed by atoms with Crippen molar-refractivity contribution in [2.24, 2.45) is 11.8 Å². The van der Waals surface area contributed by atoms with Crippen LogP contribution in [0.5, 0.6) is 34.5 Å². The number of carbonyl (C=O) groups is 1. The summed E-state index contributed by atoms with van der Waals surface area (Å²) < 4.78 is 66.5. The number of nitrogens with zero attached hydrogens (tertiary/aromatic N) is 4. The average molecular weight is 1020 g/mol. The van der Waals surface area contributed by atoms with Gasteiger partial charge in [0.15, 0.2) is 23.0 Å². The molecule has 360 valence electrons. The maximum Gasteiger partial charge on any atom is 0.334 e. The summed E-state index contributed by atoms with van der Waals surface area (Å²) >= 11 is 26.4. The van der Waals surface area contributed by atoms with E-state index in [1.54, 1.807) is 32.2 Å². The first-order valence-corrected chi connectivity index (χ1v) is 23.6. The molecular formula is C50H44Cl4F2N4O9. The first kappa shape index (κ1) is 47.9. The Bertz CT molecular complexity index is 3160. The van der Waals surface area contributed by atoms with E-state index in [9.17, 15) is 19.5 Å². The Kier molecular flexibility index (Phi) is 13.9. The van der Waals surface area contributed by atoms with E-state index in [0.717, 1.165) is 49.5 Å². The molecule has 9 rings (SSSR count). The van der Waals surface area contributed by atoms with E-state index in [0.29, 0.717) is 32.6 Å². The molecule has 0 radical (unpaired) electrons. The third-order valence-electron chi connectivity index (χ3n) is 12.6. The molecule has 1 fully saturated rings. The Morgan fingerprint density at radius 3 is 2.04 bits per heavy atom. The van der Waals surface area contributed by atoms with Crippen molar-refractivity contribution in [3.8, 4) is 56.8 Å². The molecule has 3 aliphatic rings. The van der Waals surface area contributed by atoms with Crippen LogP contribution in [0.2, 0.25) is 20.4 Å². The number of aromatic nitrogens is 4. The van der Waals surface area contributed by atoms with Crippen molar-refractivity contribution in [3.63, 3.8) is 0 Å². The SMILES string of the molecule is C=CCOC(=O)/C=C(\COc1cc([C@H]2CC2CC2CCn3c(Cl)c(-c4cc(Oc5ccccc5O)c(Cl)cc4F)c(=O)n3C2)ccc1Oc1cc(-c2c(Cl)n3n(c2=O)CCCC3)c(F)cc1Cl)OC. The van der Waals surface area contributed by atoms with Crippen molar-refractivity contribution in [1.82, 2.24) is 18.7 Å². The lowest BCUT2D eigenvalue weighted by Crippen LogP contribution is -2.33. The van der Waals surface area contributed by atoms with Crippen LogP contribution in [0, 0.1) is 23.5 Å². The van der Waals surface area contributed by atoms with Gasteiger partial charge in [-0.05, 0) is 104 Å². The van der Waals surface area contributed by atoms with Crippen LogP contribution in [0.25, 0.3) is 22.3 Å². The predicted molar refractivity (Wildman–Crippen MR) is 257 cm³/mol. The number of hydrogen-bond acceptors (Lipinski definition) is 9. The Morgan fingerprint density at radius 2 is 1.41 bits per heavy atom. The maximum absolute atomic E-state index is 15.6. The van der Waals surface area contributed by atoms with E-state index >= 15 is 8.78 Å². The van der Waals surface area contributed by atoms with Gasteiger partial charge in [-0.25, -0.2) is 22.9 Å². The van der Waals surface area contributed by atoms with Gasteiger partial charge in [-0.15, -0.1) is 0 Å². The summed E-state index contributed by atoms with van der Waals surface area (Å²) in [6.07, 6.45) is 6.55. The number of phenols is 1. The van der Waals surface area contributed by atoms with Crippen LogP contribution in [-0.4, -0.2) is 50.1 Å². The Labute approximate surface area is 414 Å². The molecule has 0 amide bonds. The number of benzene rings is 4. The molecule has 4 aromatic carbocycles. The van der Waals surface area contributed by atoms with Gasteiger partial charge in [0, 0.05) is 37.3 Å². The molecule has 1 N–H and O–H groups in total. The lowest BCUT2D eigenvalue weighted by atomic mass is 9.95. The molecule has 6 aromatic rings. The molecule has 4 heterocycles. The predicted octanol–water partition coefficient (Wildman–Crippen LogP) is 11.8. The number of phenolic OH excluding ortho intramolecular Hbond substituents is 1. The van der Waals surface area contributed by atoms with Gasteiger partial charge in [0.05, 0.1) is 34.4 Å². The maximum atomic E-state index is 15.6. The highest BCUT2D eigenvalue weighted by Gasteiger charge is 2.41. The molecule has 19 heteroatoms. The van der Waals surface area contributed by atoms with Crippen LogP contribution in [0.4, 0.5) is 8.78 Å². The van der Waals surface area contributed by atoms with Crippen LogP contribution < -0.4 is 25.3 Å². The smallest absolute Gasteiger partial charge is 0.334 e. The third kappa shape index (κ3) is 9.74. The topological polar surface area (TPSA) is 137 Å². The highest BCUT2D eigenvalue weighted by Crippen LogP contribution is 2.53. The number of carbonyl (C=O) groups excluding carboxylic acids is 1. The Hall–Kier alpha value is -6.13. The minimum Gasteiger partial charge on any atom is -0.504 e. The van der Waals surface area contributed by atoms with Gasteiger partial charge in [-0.1, -0.05) is 77.3 Å². The molecule has 13 nitrogen and oxygen atoms in total. The summed E-state index contributed by atoms with van der Waals surface area (Å²) in [5.74, 6) is -1.08. The molecule has 2 aliphatic heterocycles. The van der Waals surface area contributed by atoms with Crippen molar-refractivity contribution >= 4 is 52.4 Å². The quantitative estimate of drug-likeness (QED) is 0.0435. The van der Waals surface area contributed by atoms with E-state index in [4.69, 9.17) is 70.1 Å². The fraction of sp³-hybridized carbons (Fsp3) is 0.300. The van der Waals surface area contributed by atoms with Gasteiger partial charge in [-0.3, -0.25) is 19.0 Å². The van der Waals surface area contributed by atoms with Crippen molar-refractivity contribution in [2.45, 2.75) is 64.2 Å². The Morgan fingerprint density at radius 1 is 0.783 bits per heavy atom. The second-order valence-electron chi connectivity index (χ2n) is 17.0. The Balaban J connectivity index is 0.954. The fourth-order valence-electron chi connectivity index (χ4n) is 9.07. The number of methoxy groups -OCH3 is 1. The highest BCUT2D eigenvalue weighted by molar-refractivity contribution is 6.34. The number of esters is 1. The van der Waals surface area contributed by atoms with Crippen LogP contribution in [0.15, 0.2) is 101 Å². The second-order valence-corrected chi connectivity index (χ2v) is 18.5. The van der Waals surface area contributed by atoms with E-state index in [1.807, 2.05) is 12.1 Å². The molecule has 1 saturated carbocycles. The van der Waals surface area contributed by atoms with Crippen LogP contribution >= 0.6 is 46.4 Å². The van der Waals surface area contributed by atoms with Crippen LogP contribution in [0.1, 0.15) is 43.6 Å². The van der Waals surface area contributed by atoms with Crippen LogP contribution in [0.3, 0.4) is 0 Å². The van der Waals surface area contributed by atoms with E-state index in [2.05, 4.69) is 6.58 Å². The van der Waals surface area contributed by atoms with Gasteiger partial charge in [0.1, 0.15) is 52.4 Å². The zero-order valence-electron chi connectivity index (χ0n) is 37.0. The summed E-state index contributed by atoms with van der Waals surface area (Å²) in [6.45, 7) is 5.10. The molecule has 1 aliphatic carbocycles. The first-order chi connectivity index (χ1) is 33.2. The standard InChI is InChI=1S/C50H44Cl4F2N4O9/c1-3-16-66-44(62)20-30(65-2)26-67-43-19-28(10-11-40(43)69-42-22-32(36(55)24-35(42)52)45-47(53)57-13-6-7-14-59(57)49(45)63)31-18-29(31)17-27-12-15-58-48(54)46(50(64)60(58)25-27)33-21-41(34(51)23-37(33)56)68-39-9-5-4-8-38(39)61/h3-5,8-11,19-24,27,29,31,61H,1,6-7,12-18,25-26H2,2H3/b30-20+/t27?,29?,31-/m1/s1. The first-order valence-electron chi connectivity index (χ1n) is 22.1.